The minimum absolute atomic E-state index is 0.262. The number of benzene rings is 8. The van der Waals surface area contributed by atoms with Crippen molar-refractivity contribution in [2.45, 2.75) is 19.3 Å². The molecule has 0 N–H and O–H groups in total. The predicted octanol–water partition coefficient (Wildman–Crippen LogP) is 13.8. The summed E-state index contributed by atoms with van der Waals surface area (Å²) in [6.07, 6.45) is 0. The van der Waals surface area contributed by atoms with Gasteiger partial charge < -0.3 is 9.32 Å². The van der Waals surface area contributed by atoms with Crippen molar-refractivity contribution in [3.05, 3.63) is 187 Å². The van der Waals surface area contributed by atoms with Gasteiger partial charge in [0.2, 0.25) is 0 Å². The number of nitrogens with zero attached hydrogens (tertiary/aromatic N) is 1. The third kappa shape index (κ3) is 4.50. The molecule has 10 rings (SSSR count). The van der Waals surface area contributed by atoms with Crippen LogP contribution in [0.3, 0.4) is 0 Å². The zero-order valence-corrected chi connectivity index (χ0v) is 28.6. The van der Waals surface area contributed by atoms with Crippen LogP contribution in [0.2, 0.25) is 0 Å². The van der Waals surface area contributed by atoms with E-state index < -0.39 is 0 Å². The summed E-state index contributed by atoms with van der Waals surface area (Å²) in [6, 6.07) is 63.4. The first-order valence-electron chi connectivity index (χ1n) is 17.7. The van der Waals surface area contributed by atoms with Gasteiger partial charge in [-0.05, 0) is 80.6 Å². The molecule has 1 aromatic heterocycles. The maximum absolute atomic E-state index is 6.92. The van der Waals surface area contributed by atoms with Crippen molar-refractivity contribution in [2.75, 3.05) is 4.90 Å². The van der Waals surface area contributed by atoms with Crippen LogP contribution in [0.15, 0.2) is 180 Å². The lowest BCUT2D eigenvalue weighted by molar-refractivity contribution is 0.657. The fraction of sp³-hybridized carbons (Fsp3) is 0.0612. The predicted molar refractivity (Wildman–Crippen MR) is 214 cm³/mol. The largest absolute Gasteiger partial charge is 0.455 e. The summed E-state index contributed by atoms with van der Waals surface area (Å²) in [5.74, 6) is 0. The van der Waals surface area contributed by atoms with Crippen LogP contribution >= 0.6 is 0 Å². The fourth-order valence-electron chi connectivity index (χ4n) is 8.50. The Morgan fingerprint density at radius 3 is 1.78 bits per heavy atom. The molecule has 51 heavy (non-hydrogen) atoms. The summed E-state index contributed by atoms with van der Waals surface area (Å²) in [4.78, 5) is 2.44. The normalized spacial score (nSPS) is 13.1. The zero-order chi connectivity index (χ0) is 34.1. The van der Waals surface area contributed by atoms with Gasteiger partial charge in [0, 0.05) is 38.7 Å². The van der Waals surface area contributed by atoms with E-state index in [1.54, 1.807) is 0 Å². The second kappa shape index (κ2) is 11.3. The van der Waals surface area contributed by atoms with E-state index in [2.05, 4.69) is 195 Å². The fourth-order valence-corrected chi connectivity index (χ4v) is 8.50. The topological polar surface area (TPSA) is 16.4 Å². The van der Waals surface area contributed by atoms with Crippen LogP contribution in [0.1, 0.15) is 25.0 Å². The SMILES string of the molecule is CC1(C)c2cccc(N(c3ccc(-c4ccccc4)cc3)c3cccc(-c4ccccc4)c3)c2-c2c1c1ccccc1c1c2oc2ccccc21. The average molecular weight is 654 g/mol. The standard InChI is InChI=1S/C49H35NO/c1-49(2)41-24-14-25-42(45(41)46-47(49)39-22-10-9-21-38(39)44-40-23-11-12-26-43(40)51-48(44)46)50(36-29-27-34(28-30-36)32-15-5-3-6-16-32)37-20-13-19-35(31-37)33-17-7-4-8-18-33/h3-31H,1-2H3. The molecule has 0 unspecified atom stereocenters. The quantitative estimate of drug-likeness (QED) is 0.184. The maximum Gasteiger partial charge on any atom is 0.144 e. The molecule has 1 heterocycles. The third-order valence-electron chi connectivity index (χ3n) is 10.8. The molecule has 9 aromatic rings. The van der Waals surface area contributed by atoms with E-state index in [4.69, 9.17) is 4.42 Å². The van der Waals surface area contributed by atoms with Gasteiger partial charge in [-0.1, -0.05) is 153 Å². The minimum Gasteiger partial charge on any atom is -0.455 e. The Morgan fingerprint density at radius 1 is 0.451 bits per heavy atom. The number of hydrogen-bond acceptors (Lipinski definition) is 2. The first kappa shape index (κ1) is 29.5. The van der Waals surface area contributed by atoms with Gasteiger partial charge in [0.15, 0.2) is 0 Å². The van der Waals surface area contributed by atoms with Gasteiger partial charge in [-0.3, -0.25) is 0 Å². The van der Waals surface area contributed by atoms with Crippen molar-refractivity contribution in [1.29, 1.82) is 0 Å². The van der Waals surface area contributed by atoms with E-state index in [-0.39, 0.29) is 5.41 Å². The number of hydrogen-bond donors (Lipinski definition) is 0. The van der Waals surface area contributed by atoms with Crippen LogP contribution in [0, 0.1) is 0 Å². The lowest BCUT2D eigenvalue weighted by Crippen LogP contribution is -2.16. The number of anilines is 3. The van der Waals surface area contributed by atoms with Gasteiger partial charge in [0.05, 0.1) is 5.69 Å². The summed E-state index contributed by atoms with van der Waals surface area (Å²) in [5, 5.41) is 4.86. The molecule has 0 amide bonds. The molecule has 0 spiro atoms. The van der Waals surface area contributed by atoms with E-state index in [9.17, 15) is 0 Å². The van der Waals surface area contributed by atoms with Crippen LogP contribution in [-0.4, -0.2) is 0 Å². The minimum atomic E-state index is -0.262. The van der Waals surface area contributed by atoms with Crippen LogP contribution < -0.4 is 4.90 Å². The van der Waals surface area contributed by atoms with Crippen LogP contribution in [0.5, 0.6) is 0 Å². The molecular formula is C49H35NO. The molecule has 1 aliphatic rings. The Bertz CT molecular complexity index is 2760. The van der Waals surface area contributed by atoms with Crippen molar-refractivity contribution < 1.29 is 4.42 Å². The highest BCUT2D eigenvalue weighted by molar-refractivity contribution is 6.26. The van der Waals surface area contributed by atoms with Crippen LogP contribution in [0.25, 0.3) is 66.1 Å². The molecule has 0 aliphatic heterocycles. The Kier molecular flexibility index (Phi) is 6.56. The molecule has 8 aromatic carbocycles. The summed E-state index contributed by atoms with van der Waals surface area (Å²) in [5.41, 5.74) is 14.8. The molecule has 0 radical (unpaired) electrons. The van der Waals surface area contributed by atoms with Gasteiger partial charge >= 0.3 is 0 Å². The van der Waals surface area contributed by atoms with E-state index >= 15 is 0 Å². The highest BCUT2D eigenvalue weighted by Crippen LogP contribution is 2.59. The van der Waals surface area contributed by atoms with Gasteiger partial charge in [-0.25, -0.2) is 0 Å². The Balaban J connectivity index is 1.28. The van der Waals surface area contributed by atoms with E-state index in [0.717, 1.165) is 33.6 Å². The van der Waals surface area contributed by atoms with Crippen molar-refractivity contribution in [3.8, 4) is 33.4 Å². The number of furan rings is 1. The summed E-state index contributed by atoms with van der Waals surface area (Å²) in [6.45, 7) is 4.74. The van der Waals surface area contributed by atoms with Gasteiger partial charge in [-0.15, -0.1) is 0 Å². The van der Waals surface area contributed by atoms with E-state index in [1.165, 1.54) is 60.7 Å². The summed E-state index contributed by atoms with van der Waals surface area (Å²) < 4.78 is 6.92. The highest BCUT2D eigenvalue weighted by Gasteiger charge is 2.42. The Morgan fingerprint density at radius 2 is 1.04 bits per heavy atom. The average Bonchev–Trinajstić information content (AvgIpc) is 3.69. The van der Waals surface area contributed by atoms with Crippen molar-refractivity contribution in [1.82, 2.24) is 0 Å². The zero-order valence-electron chi connectivity index (χ0n) is 28.6. The summed E-state index contributed by atoms with van der Waals surface area (Å²) >= 11 is 0. The highest BCUT2D eigenvalue weighted by atomic mass is 16.3. The molecule has 0 saturated carbocycles. The molecule has 0 saturated heterocycles. The molecule has 0 fully saturated rings. The molecule has 0 bridgehead atoms. The first-order chi connectivity index (χ1) is 25.1. The molecule has 2 heteroatoms. The second-order valence-corrected chi connectivity index (χ2v) is 14.1. The monoisotopic (exact) mass is 653 g/mol. The number of rotatable bonds is 5. The maximum atomic E-state index is 6.92. The van der Waals surface area contributed by atoms with E-state index in [1.807, 2.05) is 0 Å². The van der Waals surface area contributed by atoms with Crippen molar-refractivity contribution in [3.63, 3.8) is 0 Å². The lowest BCUT2D eigenvalue weighted by Gasteiger charge is -2.29. The van der Waals surface area contributed by atoms with Gasteiger partial charge in [0.25, 0.3) is 0 Å². The molecular weight excluding hydrogens is 619 g/mol. The lowest BCUT2D eigenvalue weighted by atomic mass is 9.79. The van der Waals surface area contributed by atoms with Crippen LogP contribution in [-0.2, 0) is 5.41 Å². The first-order valence-corrected chi connectivity index (χ1v) is 17.7. The Hall–Kier alpha value is -6.38. The van der Waals surface area contributed by atoms with Crippen LogP contribution in [0.4, 0.5) is 17.1 Å². The Labute approximate surface area is 297 Å². The molecule has 2 nitrogen and oxygen atoms in total. The number of fused-ring (bicyclic) bond motifs is 10. The van der Waals surface area contributed by atoms with Crippen molar-refractivity contribution >= 4 is 49.8 Å². The third-order valence-corrected chi connectivity index (χ3v) is 10.8. The van der Waals surface area contributed by atoms with Gasteiger partial charge in [-0.2, -0.15) is 0 Å². The number of para-hydroxylation sites is 1. The molecule has 0 atom stereocenters. The molecule has 242 valence electrons. The smallest absolute Gasteiger partial charge is 0.144 e. The van der Waals surface area contributed by atoms with Crippen molar-refractivity contribution in [2.24, 2.45) is 0 Å². The second-order valence-electron chi connectivity index (χ2n) is 14.1. The molecule has 1 aliphatic carbocycles. The van der Waals surface area contributed by atoms with Gasteiger partial charge in [0.1, 0.15) is 11.2 Å². The summed E-state index contributed by atoms with van der Waals surface area (Å²) in [7, 11) is 0. The van der Waals surface area contributed by atoms with E-state index in [0.29, 0.717) is 0 Å².